The summed E-state index contributed by atoms with van der Waals surface area (Å²) in [7, 11) is 3.20. The lowest BCUT2D eigenvalue weighted by atomic mass is 9.93. The zero-order valence-electron chi connectivity index (χ0n) is 19.5. The summed E-state index contributed by atoms with van der Waals surface area (Å²) in [4.78, 5) is 18.5. The van der Waals surface area contributed by atoms with Crippen molar-refractivity contribution in [2.45, 2.75) is 25.5 Å². The molecule has 1 aliphatic rings. The Morgan fingerprint density at radius 3 is 2.41 bits per heavy atom. The molecule has 7 heteroatoms. The van der Waals surface area contributed by atoms with Crippen LogP contribution >= 0.6 is 0 Å². The first-order valence-corrected chi connectivity index (χ1v) is 11.4. The number of ether oxygens (including phenoxy) is 3. The molecule has 0 bridgehead atoms. The van der Waals surface area contributed by atoms with Crippen molar-refractivity contribution in [2.24, 2.45) is 5.92 Å². The Morgan fingerprint density at radius 1 is 1.09 bits per heavy atom. The van der Waals surface area contributed by atoms with Crippen molar-refractivity contribution in [2.75, 3.05) is 27.3 Å². The summed E-state index contributed by atoms with van der Waals surface area (Å²) < 4.78 is 17.5. The Morgan fingerprint density at radius 2 is 1.79 bits per heavy atom. The van der Waals surface area contributed by atoms with E-state index in [9.17, 15) is 9.90 Å². The highest BCUT2D eigenvalue weighted by molar-refractivity contribution is 5.70. The maximum atomic E-state index is 11.7. The average Bonchev–Trinajstić information content (AvgIpc) is 2.89. The molecule has 178 valence electrons. The van der Waals surface area contributed by atoms with E-state index in [4.69, 9.17) is 14.2 Å². The van der Waals surface area contributed by atoms with Gasteiger partial charge in [-0.25, -0.2) is 0 Å². The maximum absolute atomic E-state index is 11.7. The van der Waals surface area contributed by atoms with Crippen molar-refractivity contribution in [1.29, 1.82) is 0 Å². The molecule has 2 atom stereocenters. The minimum atomic E-state index is -0.760. The fourth-order valence-corrected chi connectivity index (χ4v) is 4.48. The minimum absolute atomic E-state index is 0.241. The van der Waals surface area contributed by atoms with Gasteiger partial charge in [0.05, 0.1) is 31.9 Å². The molecule has 2 aromatic carbocycles. The highest BCUT2D eigenvalue weighted by Crippen LogP contribution is 2.43. The van der Waals surface area contributed by atoms with Crippen LogP contribution in [-0.2, 0) is 11.4 Å². The van der Waals surface area contributed by atoms with Crippen LogP contribution < -0.4 is 14.2 Å². The third-order valence-electron chi connectivity index (χ3n) is 6.16. The number of aromatic nitrogens is 1. The first-order valence-electron chi connectivity index (χ1n) is 11.4. The third-order valence-corrected chi connectivity index (χ3v) is 6.16. The summed E-state index contributed by atoms with van der Waals surface area (Å²) in [6.45, 7) is 1.61. The van der Waals surface area contributed by atoms with Crippen molar-refractivity contribution >= 4 is 5.97 Å². The van der Waals surface area contributed by atoms with E-state index >= 15 is 0 Å². The van der Waals surface area contributed by atoms with Crippen molar-refractivity contribution in [1.82, 2.24) is 9.88 Å². The molecule has 34 heavy (non-hydrogen) atoms. The quantitative estimate of drug-likeness (QED) is 0.499. The second kappa shape index (κ2) is 11.0. The van der Waals surface area contributed by atoms with Crippen LogP contribution in [0.25, 0.3) is 0 Å². The minimum Gasteiger partial charge on any atom is -0.493 e. The number of piperidine rings is 1. The smallest absolute Gasteiger partial charge is 0.307 e. The lowest BCUT2D eigenvalue weighted by Crippen LogP contribution is -2.41. The van der Waals surface area contributed by atoms with Crippen molar-refractivity contribution in [3.05, 3.63) is 83.7 Å². The van der Waals surface area contributed by atoms with Gasteiger partial charge < -0.3 is 19.3 Å². The largest absolute Gasteiger partial charge is 0.493 e. The maximum Gasteiger partial charge on any atom is 0.307 e. The monoisotopic (exact) mass is 462 g/mol. The van der Waals surface area contributed by atoms with Crippen LogP contribution in [0.15, 0.2) is 66.9 Å². The van der Waals surface area contributed by atoms with Gasteiger partial charge in [-0.3, -0.25) is 14.7 Å². The Bertz CT molecular complexity index is 1070. The highest BCUT2D eigenvalue weighted by Gasteiger charge is 2.33. The first kappa shape index (κ1) is 23.6. The molecule has 0 saturated carbocycles. The van der Waals surface area contributed by atoms with E-state index in [-0.39, 0.29) is 6.04 Å². The van der Waals surface area contributed by atoms with Gasteiger partial charge in [0.15, 0.2) is 11.5 Å². The molecule has 4 rings (SSSR count). The summed E-state index contributed by atoms with van der Waals surface area (Å²) in [5.74, 6) is 0.469. The molecule has 1 N–H and O–H groups in total. The summed E-state index contributed by atoms with van der Waals surface area (Å²) in [5.41, 5.74) is 2.79. The third kappa shape index (κ3) is 5.31. The van der Waals surface area contributed by atoms with E-state index in [0.29, 0.717) is 36.8 Å². The number of carbonyl (C=O) groups is 1. The molecule has 1 fully saturated rings. The molecule has 3 aromatic rings. The number of likely N-dealkylation sites (tertiary alicyclic amines) is 1. The summed E-state index contributed by atoms with van der Waals surface area (Å²) in [5, 5.41) is 9.63. The number of aliphatic carboxylic acids is 1. The second-order valence-corrected chi connectivity index (χ2v) is 8.36. The molecule has 0 amide bonds. The van der Waals surface area contributed by atoms with Crippen LogP contribution in [0.1, 0.15) is 35.7 Å². The zero-order valence-corrected chi connectivity index (χ0v) is 19.5. The van der Waals surface area contributed by atoms with Crippen molar-refractivity contribution in [3.63, 3.8) is 0 Å². The van der Waals surface area contributed by atoms with Crippen molar-refractivity contribution < 1.29 is 24.1 Å². The molecule has 1 aliphatic heterocycles. The van der Waals surface area contributed by atoms with Crippen LogP contribution in [0.3, 0.4) is 0 Å². The predicted molar refractivity (Wildman–Crippen MR) is 128 cm³/mol. The highest BCUT2D eigenvalue weighted by atomic mass is 16.5. The molecule has 1 aromatic heterocycles. The SMILES string of the molecule is COc1cc(C(c2ccccn2)N2CCCC(C(=O)O)C2)cc(OC)c1OCc1ccccc1. The number of pyridine rings is 1. The lowest BCUT2D eigenvalue weighted by Gasteiger charge is -2.37. The Balaban J connectivity index is 1.71. The number of rotatable bonds is 9. The standard InChI is InChI=1S/C27H30N2O5/c1-32-23-15-21(16-24(33-2)26(23)34-18-19-9-4-3-5-10-19)25(22-12-6-7-13-28-22)29-14-8-11-20(17-29)27(30)31/h3-7,9-10,12-13,15-16,20,25H,8,11,14,17-18H2,1-2H3,(H,30,31). The summed E-state index contributed by atoms with van der Waals surface area (Å²) in [6.07, 6.45) is 3.25. The molecule has 0 spiro atoms. The van der Waals surface area contributed by atoms with Crippen LogP contribution in [0.4, 0.5) is 0 Å². The Kier molecular flexibility index (Phi) is 7.65. The van der Waals surface area contributed by atoms with Gasteiger partial charge in [-0.1, -0.05) is 36.4 Å². The normalized spacial score (nSPS) is 17.1. The molecule has 0 aliphatic carbocycles. The van der Waals surface area contributed by atoms with Crippen LogP contribution in [0, 0.1) is 5.92 Å². The molecule has 0 radical (unpaired) electrons. The lowest BCUT2D eigenvalue weighted by molar-refractivity contribution is -0.143. The molecular formula is C27H30N2O5. The van der Waals surface area contributed by atoms with E-state index in [1.807, 2.05) is 60.7 Å². The molecule has 2 unspecified atom stereocenters. The van der Waals surface area contributed by atoms with E-state index in [1.165, 1.54) is 0 Å². The van der Waals surface area contributed by atoms with Gasteiger partial charge >= 0.3 is 5.97 Å². The van der Waals surface area contributed by atoms with Crippen LogP contribution in [0.5, 0.6) is 17.2 Å². The first-order chi connectivity index (χ1) is 16.6. The van der Waals surface area contributed by atoms with Crippen LogP contribution in [-0.4, -0.2) is 48.3 Å². The number of carboxylic acids is 1. The average molecular weight is 463 g/mol. The summed E-state index contributed by atoms with van der Waals surface area (Å²) >= 11 is 0. The van der Waals surface area contributed by atoms with Gasteiger partial charge in [-0.15, -0.1) is 0 Å². The number of benzene rings is 2. The Hall–Kier alpha value is -3.58. The zero-order chi connectivity index (χ0) is 23.9. The Labute approximate surface area is 199 Å². The predicted octanol–water partition coefficient (Wildman–Crippen LogP) is 4.56. The fraction of sp³-hybridized carbons (Fsp3) is 0.333. The molecular weight excluding hydrogens is 432 g/mol. The van der Waals surface area contributed by atoms with Gasteiger partial charge in [0.1, 0.15) is 6.61 Å². The molecule has 1 saturated heterocycles. The molecule has 7 nitrogen and oxygen atoms in total. The van der Waals surface area contributed by atoms with Crippen LogP contribution in [0.2, 0.25) is 0 Å². The van der Waals surface area contributed by atoms with Gasteiger partial charge in [0.25, 0.3) is 0 Å². The number of carboxylic acid groups (broad SMARTS) is 1. The number of hydrogen-bond acceptors (Lipinski definition) is 6. The topological polar surface area (TPSA) is 81.1 Å². The van der Waals surface area contributed by atoms with Gasteiger partial charge in [-0.2, -0.15) is 0 Å². The van der Waals surface area contributed by atoms with E-state index in [0.717, 1.165) is 29.8 Å². The van der Waals surface area contributed by atoms with Gasteiger partial charge in [0, 0.05) is 12.7 Å². The van der Waals surface area contributed by atoms with Crippen molar-refractivity contribution in [3.8, 4) is 17.2 Å². The van der Waals surface area contributed by atoms with E-state index in [2.05, 4.69) is 9.88 Å². The number of nitrogens with zero attached hydrogens (tertiary/aromatic N) is 2. The number of methoxy groups -OCH3 is 2. The number of hydrogen-bond donors (Lipinski definition) is 1. The van der Waals surface area contributed by atoms with E-state index < -0.39 is 11.9 Å². The summed E-state index contributed by atoms with van der Waals surface area (Å²) in [6, 6.07) is 19.3. The van der Waals surface area contributed by atoms with Gasteiger partial charge in [-0.05, 0) is 54.8 Å². The van der Waals surface area contributed by atoms with E-state index in [1.54, 1.807) is 20.4 Å². The molecule has 2 heterocycles. The van der Waals surface area contributed by atoms with Gasteiger partial charge in [0.2, 0.25) is 5.75 Å². The second-order valence-electron chi connectivity index (χ2n) is 8.36. The fourth-order valence-electron chi connectivity index (χ4n) is 4.48.